The first kappa shape index (κ1) is 24.4. The number of nitrogens with two attached hydrogens (primary N) is 1. The van der Waals surface area contributed by atoms with Gasteiger partial charge in [-0.05, 0) is 45.4 Å². The van der Waals surface area contributed by atoms with Crippen molar-refractivity contribution in [2.75, 3.05) is 5.73 Å². The van der Waals surface area contributed by atoms with E-state index in [4.69, 9.17) is 5.73 Å². The maximum Gasteiger partial charge on any atom is 0.326 e. The van der Waals surface area contributed by atoms with Gasteiger partial charge in [-0.15, -0.1) is 0 Å². The fourth-order valence-electron chi connectivity index (χ4n) is 3.30. The Bertz CT molecular complexity index is 1270. The average Bonchev–Trinajstić information content (AvgIpc) is 3.12. The predicted octanol–water partition coefficient (Wildman–Crippen LogP) is 0.697. The molecule has 180 valence electrons. The Balaban J connectivity index is 1.62. The number of nitrogens with zero attached hydrogens (tertiary/aromatic N) is 2. The van der Waals surface area contributed by atoms with E-state index in [1.54, 1.807) is 12.1 Å². The molecule has 0 aromatic carbocycles. The quantitative estimate of drug-likeness (QED) is 0.277. The summed E-state index contributed by atoms with van der Waals surface area (Å²) in [7, 11) is 0. The van der Waals surface area contributed by atoms with Crippen LogP contribution in [0.25, 0.3) is 11.0 Å². The average molecular weight is 470 g/mol. The largest absolute Gasteiger partial charge is 0.480 e. The standard InChI is InChI=1S/C22H27N7O5/c1-22(2,3)29-16(30)7-6-15(20(33)34)26-18(31)11-4-5-12(24-10-11)8-13-9-14-17(25-13)27-21(23)28-19(14)32/h4-5,9-10,15H,6-8H2,1-3H3,(H,26,31)(H,29,30)(H,33,34)(H4,23,25,27,28,32)/t15-/m0/s1. The number of H-pyrrole nitrogens is 2. The number of carboxylic acid groups (broad SMARTS) is 1. The second-order valence-corrected chi connectivity index (χ2v) is 8.92. The maximum atomic E-state index is 12.5. The number of rotatable bonds is 8. The molecule has 2 amide bonds. The summed E-state index contributed by atoms with van der Waals surface area (Å²) >= 11 is 0. The van der Waals surface area contributed by atoms with Gasteiger partial charge in [0, 0.05) is 36.0 Å². The summed E-state index contributed by atoms with van der Waals surface area (Å²) in [6.45, 7) is 5.47. The summed E-state index contributed by atoms with van der Waals surface area (Å²) < 4.78 is 0. The fraction of sp³-hybridized carbons (Fsp3) is 0.364. The maximum absolute atomic E-state index is 12.5. The Labute approximate surface area is 194 Å². The van der Waals surface area contributed by atoms with Crippen LogP contribution in [0.1, 0.15) is 55.4 Å². The Hall–Kier alpha value is -4.22. The third-order valence-corrected chi connectivity index (χ3v) is 4.81. The Morgan fingerprint density at radius 2 is 1.94 bits per heavy atom. The number of anilines is 1. The lowest BCUT2D eigenvalue weighted by Gasteiger charge is -2.21. The van der Waals surface area contributed by atoms with Crippen LogP contribution in [-0.4, -0.2) is 54.4 Å². The third-order valence-electron chi connectivity index (χ3n) is 4.81. The van der Waals surface area contributed by atoms with Gasteiger partial charge >= 0.3 is 5.97 Å². The SMILES string of the molecule is CC(C)(C)NC(=O)CC[C@H](NC(=O)c1ccc(Cc2cc3c(=O)[nH]c(N)nc3[nH]2)nc1)C(=O)O. The molecule has 0 radical (unpaired) electrons. The van der Waals surface area contributed by atoms with Gasteiger partial charge in [-0.3, -0.25) is 24.4 Å². The zero-order valence-corrected chi connectivity index (χ0v) is 19.1. The van der Waals surface area contributed by atoms with Crippen molar-refractivity contribution in [3.63, 3.8) is 0 Å². The van der Waals surface area contributed by atoms with Crippen LogP contribution < -0.4 is 21.9 Å². The lowest BCUT2D eigenvalue weighted by atomic mass is 10.1. The lowest BCUT2D eigenvalue weighted by Crippen LogP contribution is -2.44. The highest BCUT2D eigenvalue weighted by Crippen LogP contribution is 2.13. The van der Waals surface area contributed by atoms with Crippen LogP contribution in [0.15, 0.2) is 29.2 Å². The molecule has 3 aromatic rings. The number of nitrogens with one attached hydrogen (secondary N) is 4. The van der Waals surface area contributed by atoms with Crippen molar-refractivity contribution >= 4 is 34.8 Å². The first-order valence-corrected chi connectivity index (χ1v) is 10.6. The second kappa shape index (κ2) is 9.73. The summed E-state index contributed by atoms with van der Waals surface area (Å²) in [5.41, 5.74) is 6.60. The second-order valence-electron chi connectivity index (χ2n) is 8.92. The van der Waals surface area contributed by atoms with E-state index in [-0.39, 0.29) is 35.8 Å². The van der Waals surface area contributed by atoms with E-state index in [2.05, 4.69) is 30.6 Å². The highest BCUT2D eigenvalue weighted by atomic mass is 16.4. The van der Waals surface area contributed by atoms with E-state index in [1.807, 2.05) is 20.8 Å². The van der Waals surface area contributed by atoms with Crippen LogP contribution >= 0.6 is 0 Å². The number of hydrogen-bond donors (Lipinski definition) is 6. The van der Waals surface area contributed by atoms with Crippen molar-refractivity contribution in [3.05, 3.63) is 51.7 Å². The third kappa shape index (κ3) is 6.40. The number of fused-ring (bicyclic) bond motifs is 1. The van der Waals surface area contributed by atoms with Crippen molar-refractivity contribution in [2.24, 2.45) is 0 Å². The molecule has 0 fully saturated rings. The first-order chi connectivity index (χ1) is 15.9. The summed E-state index contributed by atoms with van der Waals surface area (Å²) in [4.78, 5) is 61.7. The minimum atomic E-state index is -1.23. The van der Waals surface area contributed by atoms with Gasteiger partial charge in [0.15, 0.2) is 0 Å². The van der Waals surface area contributed by atoms with E-state index in [9.17, 15) is 24.3 Å². The number of carbonyl (C=O) groups excluding carboxylic acids is 2. The van der Waals surface area contributed by atoms with Gasteiger partial charge in [0.2, 0.25) is 11.9 Å². The topological polar surface area (TPSA) is 196 Å². The molecule has 7 N–H and O–H groups in total. The summed E-state index contributed by atoms with van der Waals surface area (Å²) in [5, 5.41) is 15.0. The van der Waals surface area contributed by atoms with E-state index < -0.39 is 23.5 Å². The number of hydrogen-bond acceptors (Lipinski definition) is 7. The molecule has 0 bridgehead atoms. The zero-order valence-electron chi connectivity index (χ0n) is 19.1. The molecular formula is C22H27N7O5. The number of pyridine rings is 1. The molecule has 0 aliphatic rings. The normalized spacial score (nSPS) is 12.3. The molecule has 34 heavy (non-hydrogen) atoms. The number of aromatic nitrogens is 4. The van der Waals surface area contributed by atoms with Gasteiger partial charge in [0.1, 0.15) is 11.7 Å². The molecule has 3 heterocycles. The van der Waals surface area contributed by atoms with Gasteiger partial charge in [-0.1, -0.05) is 0 Å². The van der Waals surface area contributed by atoms with Crippen molar-refractivity contribution in [3.8, 4) is 0 Å². The van der Waals surface area contributed by atoms with E-state index >= 15 is 0 Å². The molecule has 0 spiro atoms. The molecular weight excluding hydrogens is 442 g/mol. The van der Waals surface area contributed by atoms with Crippen LogP contribution in [0.4, 0.5) is 5.95 Å². The first-order valence-electron chi connectivity index (χ1n) is 10.6. The summed E-state index contributed by atoms with van der Waals surface area (Å²) in [6.07, 6.45) is 1.59. The van der Waals surface area contributed by atoms with Crippen LogP contribution in [0.2, 0.25) is 0 Å². The molecule has 0 saturated carbocycles. The zero-order chi connectivity index (χ0) is 25.0. The van der Waals surface area contributed by atoms with Gasteiger partial charge in [0.05, 0.1) is 10.9 Å². The van der Waals surface area contributed by atoms with E-state index in [0.29, 0.717) is 28.8 Å². The molecule has 12 nitrogen and oxygen atoms in total. The Morgan fingerprint density at radius 1 is 1.21 bits per heavy atom. The Morgan fingerprint density at radius 3 is 2.56 bits per heavy atom. The molecule has 0 unspecified atom stereocenters. The highest BCUT2D eigenvalue weighted by Gasteiger charge is 2.23. The van der Waals surface area contributed by atoms with Gasteiger partial charge in [0.25, 0.3) is 11.5 Å². The van der Waals surface area contributed by atoms with Crippen molar-refractivity contribution in [2.45, 2.75) is 51.6 Å². The molecule has 0 saturated heterocycles. The molecule has 12 heteroatoms. The number of nitrogen functional groups attached to an aromatic ring is 1. The van der Waals surface area contributed by atoms with E-state index in [1.165, 1.54) is 12.3 Å². The number of carboxylic acids is 1. The smallest absolute Gasteiger partial charge is 0.326 e. The summed E-state index contributed by atoms with van der Waals surface area (Å²) in [6, 6.07) is 3.58. The number of amides is 2. The van der Waals surface area contributed by atoms with Crippen LogP contribution in [0.3, 0.4) is 0 Å². The molecule has 0 aliphatic carbocycles. The van der Waals surface area contributed by atoms with Crippen LogP contribution in [0, 0.1) is 0 Å². The monoisotopic (exact) mass is 469 g/mol. The molecule has 0 aliphatic heterocycles. The number of aliphatic carboxylic acids is 1. The van der Waals surface area contributed by atoms with Crippen molar-refractivity contribution < 1.29 is 19.5 Å². The van der Waals surface area contributed by atoms with E-state index in [0.717, 1.165) is 0 Å². The van der Waals surface area contributed by atoms with Crippen LogP contribution in [-0.2, 0) is 16.0 Å². The number of carbonyl (C=O) groups is 3. The molecule has 3 aromatic heterocycles. The Kier molecular flexibility index (Phi) is 6.99. The molecule has 3 rings (SSSR count). The van der Waals surface area contributed by atoms with Gasteiger partial charge < -0.3 is 26.5 Å². The minimum absolute atomic E-state index is 0.00823. The van der Waals surface area contributed by atoms with Crippen LogP contribution in [0.5, 0.6) is 0 Å². The fourth-order valence-corrected chi connectivity index (χ4v) is 3.30. The van der Waals surface area contributed by atoms with Crippen molar-refractivity contribution in [1.29, 1.82) is 0 Å². The lowest BCUT2D eigenvalue weighted by molar-refractivity contribution is -0.139. The van der Waals surface area contributed by atoms with Gasteiger partial charge in [-0.25, -0.2) is 4.79 Å². The number of aromatic amines is 2. The predicted molar refractivity (Wildman–Crippen MR) is 124 cm³/mol. The highest BCUT2D eigenvalue weighted by molar-refractivity contribution is 5.96. The summed E-state index contributed by atoms with van der Waals surface area (Å²) in [5.74, 6) is -2.13. The molecule has 1 atom stereocenters. The van der Waals surface area contributed by atoms with Gasteiger partial charge in [-0.2, -0.15) is 4.98 Å². The minimum Gasteiger partial charge on any atom is -0.480 e. The van der Waals surface area contributed by atoms with Crippen molar-refractivity contribution in [1.82, 2.24) is 30.6 Å².